The second-order valence-electron chi connectivity index (χ2n) is 4.76. The first-order valence-electron chi connectivity index (χ1n) is 6.56. The van der Waals surface area contributed by atoms with Gasteiger partial charge in [0.25, 0.3) is 0 Å². The van der Waals surface area contributed by atoms with Gasteiger partial charge < -0.3 is 9.47 Å². The molecule has 0 N–H and O–H groups in total. The Morgan fingerprint density at radius 3 is 3.11 bits per heavy atom. The van der Waals surface area contributed by atoms with Gasteiger partial charge in [-0.1, -0.05) is 24.8 Å². The van der Waals surface area contributed by atoms with Gasteiger partial charge in [0.05, 0.1) is 30.5 Å². The van der Waals surface area contributed by atoms with E-state index >= 15 is 0 Å². The molecule has 0 unspecified atom stereocenters. The third-order valence-electron chi connectivity index (χ3n) is 3.36. The number of ether oxygens (including phenoxy) is 2. The summed E-state index contributed by atoms with van der Waals surface area (Å²) < 4.78 is 11.1. The molecule has 1 saturated heterocycles. The fraction of sp³-hybridized carbons (Fsp3) is 0.312. The normalized spacial score (nSPS) is 18.8. The molecule has 0 spiro atoms. The lowest BCUT2D eigenvalue weighted by atomic mass is 10.1. The van der Waals surface area contributed by atoms with Gasteiger partial charge in [0.1, 0.15) is 0 Å². The van der Waals surface area contributed by atoms with Crippen LogP contribution in [0.2, 0.25) is 0 Å². The van der Waals surface area contributed by atoms with E-state index in [1.807, 2.05) is 24.3 Å². The molecule has 2 heterocycles. The van der Waals surface area contributed by atoms with Crippen molar-refractivity contribution in [3.63, 3.8) is 0 Å². The molecular formula is C16H17NO2. The van der Waals surface area contributed by atoms with Crippen molar-refractivity contribution in [2.45, 2.75) is 19.1 Å². The first-order valence-corrected chi connectivity index (χ1v) is 6.56. The molecule has 0 bridgehead atoms. The van der Waals surface area contributed by atoms with Crippen LogP contribution in [0.4, 0.5) is 0 Å². The number of aromatic nitrogens is 1. The van der Waals surface area contributed by atoms with Gasteiger partial charge in [-0.25, -0.2) is 0 Å². The van der Waals surface area contributed by atoms with Gasteiger partial charge in [-0.15, -0.1) is 0 Å². The second kappa shape index (κ2) is 5.51. The van der Waals surface area contributed by atoms with Crippen LogP contribution in [-0.2, 0) is 16.1 Å². The summed E-state index contributed by atoms with van der Waals surface area (Å²) in [5.41, 5.74) is 3.07. The molecule has 1 fully saturated rings. The van der Waals surface area contributed by atoms with Crippen molar-refractivity contribution in [3.05, 3.63) is 48.2 Å². The van der Waals surface area contributed by atoms with Crippen molar-refractivity contribution in [3.8, 4) is 0 Å². The molecular weight excluding hydrogens is 238 g/mol. The zero-order valence-corrected chi connectivity index (χ0v) is 10.8. The van der Waals surface area contributed by atoms with Crippen LogP contribution in [0, 0.1) is 0 Å². The summed E-state index contributed by atoms with van der Waals surface area (Å²) in [5.74, 6) is 0. The van der Waals surface area contributed by atoms with Crippen LogP contribution < -0.4 is 0 Å². The molecule has 3 rings (SSSR count). The lowest BCUT2D eigenvalue weighted by Gasteiger charge is -2.09. The summed E-state index contributed by atoms with van der Waals surface area (Å²) in [7, 11) is 0. The number of pyridine rings is 1. The molecule has 0 saturated carbocycles. The minimum Gasteiger partial charge on any atom is -0.379 e. The molecule has 19 heavy (non-hydrogen) atoms. The third-order valence-corrected chi connectivity index (χ3v) is 3.36. The van der Waals surface area contributed by atoms with Crippen molar-refractivity contribution in [2.24, 2.45) is 0 Å². The van der Waals surface area contributed by atoms with Crippen molar-refractivity contribution >= 4 is 17.0 Å². The monoisotopic (exact) mass is 255 g/mol. The van der Waals surface area contributed by atoms with E-state index in [2.05, 4.69) is 23.7 Å². The Morgan fingerprint density at radius 2 is 2.32 bits per heavy atom. The van der Waals surface area contributed by atoms with Gasteiger partial charge in [0, 0.05) is 12.0 Å². The largest absolute Gasteiger partial charge is 0.379 e. The van der Waals surface area contributed by atoms with Crippen LogP contribution in [0.25, 0.3) is 17.0 Å². The van der Waals surface area contributed by atoms with Crippen LogP contribution in [-0.4, -0.2) is 24.3 Å². The predicted molar refractivity (Wildman–Crippen MR) is 75.8 cm³/mol. The lowest BCUT2D eigenvalue weighted by molar-refractivity contribution is 0.0303. The maximum atomic E-state index is 5.78. The van der Waals surface area contributed by atoms with E-state index in [0.29, 0.717) is 13.2 Å². The summed E-state index contributed by atoms with van der Waals surface area (Å²) in [6, 6.07) is 10.2. The Labute approximate surface area is 112 Å². The minimum absolute atomic E-state index is 0.223. The first-order chi connectivity index (χ1) is 9.35. The van der Waals surface area contributed by atoms with Gasteiger partial charge in [0.15, 0.2) is 0 Å². The Balaban J connectivity index is 1.75. The van der Waals surface area contributed by atoms with Gasteiger partial charge in [-0.2, -0.15) is 0 Å². The smallest absolute Gasteiger partial charge is 0.0893 e. The Morgan fingerprint density at radius 1 is 1.37 bits per heavy atom. The van der Waals surface area contributed by atoms with E-state index < -0.39 is 0 Å². The molecule has 1 aromatic heterocycles. The van der Waals surface area contributed by atoms with Crippen molar-refractivity contribution in [2.75, 3.05) is 13.2 Å². The molecule has 1 atom stereocenters. The van der Waals surface area contributed by atoms with Crippen LogP contribution in [0.15, 0.2) is 36.9 Å². The van der Waals surface area contributed by atoms with Gasteiger partial charge in [-0.05, 0) is 30.2 Å². The number of fused-ring (bicyclic) bond motifs is 1. The summed E-state index contributed by atoms with van der Waals surface area (Å²) in [5, 5.41) is 1.13. The quantitative estimate of drug-likeness (QED) is 0.840. The zero-order chi connectivity index (χ0) is 13.1. The number of hydrogen-bond donors (Lipinski definition) is 0. The SMILES string of the molecule is C=Cc1ccc2nc(CO[C@@H]3CCOC3)ccc2c1. The molecule has 0 aliphatic carbocycles. The highest BCUT2D eigenvalue weighted by molar-refractivity contribution is 5.81. The van der Waals surface area contributed by atoms with Gasteiger partial charge in [0.2, 0.25) is 0 Å². The van der Waals surface area contributed by atoms with Crippen LogP contribution in [0.5, 0.6) is 0 Å². The Kier molecular flexibility index (Phi) is 3.58. The fourth-order valence-electron chi connectivity index (χ4n) is 2.24. The lowest BCUT2D eigenvalue weighted by Crippen LogP contribution is -2.12. The maximum Gasteiger partial charge on any atom is 0.0893 e. The topological polar surface area (TPSA) is 31.4 Å². The molecule has 1 aromatic carbocycles. The average molecular weight is 255 g/mol. The molecule has 2 aromatic rings. The highest BCUT2D eigenvalue weighted by Crippen LogP contribution is 2.17. The summed E-state index contributed by atoms with van der Waals surface area (Å²) in [6.07, 6.45) is 3.05. The molecule has 98 valence electrons. The van der Waals surface area contributed by atoms with Crippen molar-refractivity contribution in [1.29, 1.82) is 0 Å². The van der Waals surface area contributed by atoms with E-state index in [4.69, 9.17) is 9.47 Å². The zero-order valence-electron chi connectivity index (χ0n) is 10.8. The number of rotatable bonds is 4. The van der Waals surface area contributed by atoms with Crippen molar-refractivity contribution in [1.82, 2.24) is 4.98 Å². The van der Waals surface area contributed by atoms with Crippen molar-refractivity contribution < 1.29 is 9.47 Å². The second-order valence-corrected chi connectivity index (χ2v) is 4.76. The third kappa shape index (κ3) is 2.83. The molecule has 1 aliphatic heterocycles. The summed E-state index contributed by atoms with van der Waals surface area (Å²) in [4.78, 5) is 4.61. The fourth-order valence-corrected chi connectivity index (χ4v) is 2.24. The number of nitrogens with zero attached hydrogens (tertiary/aromatic N) is 1. The van der Waals surface area contributed by atoms with E-state index in [0.717, 1.165) is 35.2 Å². The van der Waals surface area contributed by atoms with E-state index in [1.165, 1.54) is 0 Å². The van der Waals surface area contributed by atoms with Gasteiger partial charge in [-0.3, -0.25) is 4.98 Å². The Bertz CT molecular complexity index is 588. The predicted octanol–water partition coefficient (Wildman–Crippen LogP) is 3.18. The first kappa shape index (κ1) is 12.3. The average Bonchev–Trinajstić information content (AvgIpc) is 2.97. The van der Waals surface area contributed by atoms with Crippen LogP contribution >= 0.6 is 0 Å². The molecule has 3 nitrogen and oxygen atoms in total. The molecule has 1 aliphatic rings. The number of benzene rings is 1. The van der Waals surface area contributed by atoms with Crippen LogP contribution in [0.1, 0.15) is 17.7 Å². The molecule has 0 amide bonds. The minimum atomic E-state index is 0.223. The van der Waals surface area contributed by atoms with E-state index in [9.17, 15) is 0 Å². The molecule has 0 radical (unpaired) electrons. The van der Waals surface area contributed by atoms with Crippen LogP contribution in [0.3, 0.4) is 0 Å². The molecule has 3 heteroatoms. The Hall–Kier alpha value is -1.71. The highest BCUT2D eigenvalue weighted by Gasteiger charge is 2.16. The standard InChI is InChI=1S/C16H17NO2/c1-2-12-3-6-16-13(9-12)4-5-14(17-16)10-19-15-7-8-18-11-15/h2-6,9,15H,1,7-8,10-11H2/t15-/m1/s1. The summed E-state index contributed by atoms with van der Waals surface area (Å²) >= 11 is 0. The number of hydrogen-bond acceptors (Lipinski definition) is 3. The highest BCUT2D eigenvalue weighted by atomic mass is 16.5. The van der Waals surface area contributed by atoms with E-state index in [1.54, 1.807) is 0 Å². The van der Waals surface area contributed by atoms with Gasteiger partial charge >= 0.3 is 0 Å². The maximum absolute atomic E-state index is 5.78. The van der Waals surface area contributed by atoms with E-state index in [-0.39, 0.29) is 6.10 Å². The summed E-state index contributed by atoms with van der Waals surface area (Å²) in [6.45, 7) is 5.84.